The average Bonchev–Trinajstić information content (AvgIpc) is 3.44. The fraction of sp³-hybridized carbons (Fsp3) is 0.222. The third-order valence-electron chi connectivity index (χ3n) is 6.36. The number of carbonyl (C=O) groups is 2. The van der Waals surface area contributed by atoms with Gasteiger partial charge in [0.2, 0.25) is 5.91 Å². The van der Waals surface area contributed by atoms with Gasteiger partial charge in [-0.25, -0.2) is 9.80 Å². The van der Waals surface area contributed by atoms with E-state index in [-0.39, 0.29) is 17.9 Å². The summed E-state index contributed by atoms with van der Waals surface area (Å²) in [6, 6.07) is 23.9. The van der Waals surface area contributed by atoms with Crippen LogP contribution in [0.25, 0.3) is 10.8 Å². The zero-order valence-electron chi connectivity index (χ0n) is 19.5. The summed E-state index contributed by atoms with van der Waals surface area (Å²) in [7, 11) is 0. The molecule has 3 aromatic carbocycles. The molecule has 0 bridgehead atoms. The number of rotatable bonds is 7. The smallest absolute Gasteiger partial charge is 0.329 e. The lowest BCUT2D eigenvalue weighted by atomic mass is 9.97. The minimum Gasteiger partial charge on any atom is -0.337 e. The van der Waals surface area contributed by atoms with Gasteiger partial charge in [0.05, 0.1) is 18.2 Å². The Kier molecular flexibility index (Phi) is 6.45. The van der Waals surface area contributed by atoms with Crippen molar-refractivity contribution in [3.05, 3.63) is 95.2 Å². The molecule has 0 spiro atoms. The van der Waals surface area contributed by atoms with E-state index in [9.17, 15) is 9.59 Å². The molecule has 4 aromatic rings. The van der Waals surface area contributed by atoms with E-state index in [0.717, 1.165) is 34.0 Å². The summed E-state index contributed by atoms with van der Waals surface area (Å²) in [5, 5.41) is 17.2. The van der Waals surface area contributed by atoms with E-state index in [2.05, 4.69) is 38.4 Å². The van der Waals surface area contributed by atoms with Crippen LogP contribution in [0.15, 0.2) is 72.8 Å². The number of aromatic amines is 1. The number of nitrogens with zero attached hydrogens (tertiary/aromatic N) is 2. The van der Waals surface area contributed by atoms with Gasteiger partial charge in [-0.15, -0.1) is 0 Å². The minimum atomic E-state index is -0.335. The fourth-order valence-electron chi connectivity index (χ4n) is 4.32. The molecule has 1 aliphatic rings. The first kappa shape index (κ1) is 22.6. The lowest BCUT2D eigenvalue weighted by Gasteiger charge is -2.17. The third kappa shape index (κ3) is 5.17. The number of urea groups is 1. The molecule has 8 heteroatoms. The van der Waals surface area contributed by atoms with Gasteiger partial charge in [-0.3, -0.25) is 15.3 Å². The summed E-state index contributed by atoms with van der Waals surface area (Å²) in [5.41, 5.74) is 6.75. The summed E-state index contributed by atoms with van der Waals surface area (Å²) in [6.45, 7) is 3.38. The molecule has 0 aliphatic carbocycles. The zero-order valence-corrected chi connectivity index (χ0v) is 19.5. The van der Waals surface area contributed by atoms with E-state index in [1.165, 1.54) is 5.56 Å². The summed E-state index contributed by atoms with van der Waals surface area (Å²) in [6.07, 6.45) is 0.767. The van der Waals surface area contributed by atoms with Crippen molar-refractivity contribution in [3.63, 3.8) is 0 Å². The van der Waals surface area contributed by atoms with Crippen LogP contribution in [0.5, 0.6) is 0 Å². The third-order valence-corrected chi connectivity index (χ3v) is 6.36. The monoisotopic (exact) mass is 468 g/mol. The summed E-state index contributed by atoms with van der Waals surface area (Å²) >= 11 is 0. The molecule has 1 aliphatic heterocycles. The number of benzene rings is 3. The lowest BCUT2D eigenvalue weighted by Crippen LogP contribution is -2.45. The minimum absolute atomic E-state index is 0.125. The predicted octanol–water partition coefficient (Wildman–Crippen LogP) is 4.08. The number of hydrogen-bond donors (Lipinski definition) is 4. The molecule has 4 N–H and O–H groups in total. The Labute approximate surface area is 203 Å². The Morgan fingerprint density at radius 1 is 1.00 bits per heavy atom. The molecular weight excluding hydrogens is 440 g/mol. The highest BCUT2D eigenvalue weighted by molar-refractivity contribution is 5.96. The first-order chi connectivity index (χ1) is 17.1. The molecule has 8 nitrogen and oxygen atoms in total. The van der Waals surface area contributed by atoms with Crippen LogP contribution in [0.2, 0.25) is 0 Å². The van der Waals surface area contributed by atoms with Crippen LogP contribution in [-0.2, 0) is 24.3 Å². The van der Waals surface area contributed by atoms with Crippen molar-refractivity contribution >= 4 is 28.5 Å². The molecule has 3 amide bonds. The quantitative estimate of drug-likeness (QED) is 0.328. The van der Waals surface area contributed by atoms with E-state index in [4.69, 9.17) is 0 Å². The van der Waals surface area contributed by atoms with Crippen LogP contribution in [0.1, 0.15) is 35.2 Å². The Morgan fingerprint density at radius 2 is 1.77 bits per heavy atom. The number of H-pyrrole nitrogens is 1. The van der Waals surface area contributed by atoms with E-state index < -0.39 is 0 Å². The van der Waals surface area contributed by atoms with Gasteiger partial charge in [0, 0.05) is 18.7 Å². The number of hydrazine groups is 1. The number of amides is 3. The predicted molar refractivity (Wildman–Crippen MR) is 136 cm³/mol. The molecule has 5 rings (SSSR count). The largest absolute Gasteiger partial charge is 0.337 e. The second kappa shape index (κ2) is 9.99. The zero-order chi connectivity index (χ0) is 24.2. The van der Waals surface area contributed by atoms with Crippen molar-refractivity contribution in [3.8, 4) is 0 Å². The normalized spacial score (nSPS) is 13.9. The highest BCUT2D eigenvalue weighted by Gasteiger charge is 2.28. The number of aromatic nitrogens is 2. The van der Waals surface area contributed by atoms with Crippen LogP contribution in [0.4, 0.5) is 10.6 Å². The standard InChI is InChI=1S/C27H28N6O2/c1-18(21-12-11-20-9-5-6-10-22(20)15-21)26(34)29-25-23-16-33(17-24(23)30-31-25)32-27(35)28-14-13-19-7-3-2-4-8-19/h2-12,15,18H,13-14,16-17H2,1H3,(H2,28,32,35)(H2,29,30,31,34). The lowest BCUT2D eigenvalue weighted by molar-refractivity contribution is -0.117. The molecule has 0 fully saturated rings. The molecular formula is C27H28N6O2. The van der Waals surface area contributed by atoms with Crippen molar-refractivity contribution in [2.24, 2.45) is 0 Å². The molecule has 35 heavy (non-hydrogen) atoms. The highest BCUT2D eigenvalue weighted by atomic mass is 16.2. The van der Waals surface area contributed by atoms with E-state index in [1.54, 1.807) is 5.01 Å². The second-order valence-electron chi connectivity index (χ2n) is 8.81. The molecule has 178 valence electrons. The molecule has 2 heterocycles. The van der Waals surface area contributed by atoms with E-state index in [0.29, 0.717) is 25.5 Å². The molecule has 1 atom stereocenters. The SMILES string of the molecule is CC(C(=O)Nc1n[nH]c2c1CN(NC(=O)NCCc1ccccc1)C2)c1ccc2ccccc2c1. The van der Waals surface area contributed by atoms with Gasteiger partial charge in [0.15, 0.2) is 5.82 Å². The Hall–Kier alpha value is -4.17. The number of anilines is 1. The summed E-state index contributed by atoms with van der Waals surface area (Å²) in [4.78, 5) is 25.3. The van der Waals surface area contributed by atoms with Crippen LogP contribution in [0, 0.1) is 0 Å². The first-order valence-electron chi connectivity index (χ1n) is 11.8. The van der Waals surface area contributed by atoms with Crippen LogP contribution >= 0.6 is 0 Å². The molecule has 0 radical (unpaired) electrons. The maximum atomic E-state index is 13.0. The number of hydrogen-bond acceptors (Lipinski definition) is 4. The molecule has 0 saturated carbocycles. The van der Waals surface area contributed by atoms with Gasteiger partial charge >= 0.3 is 6.03 Å². The van der Waals surface area contributed by atoms with Gasteiger partial charge in [-0.1, -0.05) is 72.8 Å². The molecule has 0 saturated heterocycles. The number of carbonyl (C=O) groups excluding carboxylic acids is 2. The number of nitrogens with one attached hydrogen (secondary N) is 4. The molecule has 1 unspecified atom stereocenters. The van der Waals surface area contributed by atoms with Gasteiger partial charge in [0.1, 0.15) is 0 Å². The van der Waals surface area contributed by atoms with Crippen molar-refractivity contribution in [2.45, 2.75) is 32.4 Å². The van der Waals surface area contributed by atoms with Crippen LogP contribution < -0.4 is 16.1 Å². The van der Waals surface area contributed by atoms with Gasteiger partial charge < -0.3 is 10.6 Å². The molecule has 1 aromatic heterocycles. The maximum absolute atomic E-state index is 13.0. The Balaban J connectivity index is 1.15. The van der Waals surface area contributed by atoms with E-state index >= 15 is 0 Å². The Bertz CT molecular complexity index is 1350. The maximum Gasteiger partial charge on any atom is 0.329 e. The van der Waals surface area contributed by atoms with Gasteiger partial charge in [0.25, 0.3) is 0 Å². The van der Waals surface area contributed by atoms with E-state index in [1.807, 2.05) is 67.6 Å². The van der Waals surface area contributed by atoms with Gasteiger partial charge in [-0.05, 0) is 35.2 Å². The Morgan fingerprint density at radius 3 is 2.60 bits per heavy atom. The first-order valence-corrected chi connectivity index (χ1v) is 11.8. The number of fused-ring (bicyclic) bond motifs is 2. The average molecular weight is 469 g/mol. The summed E-state index contributed by atoms with van der Waals surface area (Å²) in [5.74, 6) is 0.0454. The highest BCUT2D eigenvalue weighted by Crippen LogP contribution is 2.28. The fourth-order valence-corrected chi connectivity index (χ4v) is 4.32. The van der Waals surface area contributed by atoms with Crippen molar-refractivity contribution in [1.82, 2.24) is 25.9 Å². The topological polar surface area (TPSA) is 102 Å². The van der Waals surface area contributed by atoms with Crippen molar-refractivity contribution < 1.29 is 9.59 Å². The summed E-state index contributed by atoms with van der Waals surface area (Å²) < 4.78 is 0. The van der Waals surface area contributed by atoms with Crippen LogP contribution in [-0.4, -0.2) is 33.7 Å². The van der Waals surface area contributed by atoms with Crippen molar-refractivity contribution in [2.75, 3.05) is 11.9 Å². The van der Waals surface area contributed by atoms with Crippen LogP contribution in [0.3, 0.4) is 0 Å². The van der Waals surface area contributed by atoms with Gasteiger partial charge in [-0.2, -0.15) is 5.10 Å². The second-order valence-corrected chi connectivity index (χ2v) is 8.81. The van der Waals surface area contributed by atoms with Crippen molar-refractivity contribution in [1.29, 1.82) is 0 Å².